The van der Waals surface area contributed by atoms with E-state index in [-0.39, 0.29) is 23.9 Å². The van der Waals surface area contributed by atoms with Crippen molar-refractivity contribution in [2.45, 2.75) is 103 Å². The summed E-state index contributed by atoms with van der Waals surface area (Å²) in [6.07, 6.45) is 7.74. The third-order valence-electron chi connectivity index (χ3n) is 8.32. The van der Waals surface area contributed by atoms with Crippen LogP contribution in [0.2, 0.25) is 0 Å². The minimum absolute atomic E-state index is 0.0629. The summed E-state index contributed by atoms with van der Waals surface area (Å²) < 4.78 is 14.3. The summed E-state index contributed by atoms with van der Waals surface area (Å²) in [4.78, 5) is 25.4. The van der Waals surface area contributed by atoms with Crippen molar-refractivity contribution in [2.24, 2.45) is 24.8 Å². The predicted molar refractivity (Wildman–Crippen MR) is 132 cm³/mol. The number of Topliss-reactive ketones (excluding diaryl/α,β-unsaturated/α-hetero) is 1. The average molecular weight is 472 g/mol. The van der Waals surface area contributed by atoms with E-state index in [1.54, 1.807) is 13.2 Å². The smallest absolute Gasteiger partial charge is 0.259 e. The number of aromatic nitrogens is 1. The van der Waals surface area contributed by atoms with Crippen LogP contribution < -0.4 is 10.3 Å². The number of ether oxygens (including phenoxy) is 2. The van der Waals surface area contributed by atoms with E-state index in [1.165, 1.54) is 16.6 Å². The lowest BCUT2D eigenvalue weighted by molar-refractivity contribution is -0.133. The second kappa shape index (κ2) is 9.62. The molecule has 1 saturated carbocycles. The molecule has 2 fully saturated rings. The number of nitrogens with zero attached hydrogens (tertiary/aromatic N) is 1. The van der Waals surface area contributed by atoms with Gasteiger partial charge in [-0.3, -0.25) is 9.59 Å². The molecule has 3 heterocycles. The van der Waals surface area contributed by atoms with E-state index < -0.39 is 17.8 Å². The first-order chi connectivity index (χ1) is 16.0. The molecule has 1 saturated heterocycles. The molecule has 6 heteroatoms. The Morgan fingerprint density at radius 3 is 2.76 bits per heavy atom. The van der Waals surface area contributed by atoms with Crippen LogP contribution in [0.5, 0.6) is 5.75 Å². The van der Waals surface area contributed by atoms with E-state index in [9.17, 15) is 14.7 Å². The summed E-state index contributed by atoms with van der Waals surface area (Å²) in [5.74, 6) is 2.04. The van der Waals surface area contributed by atoms with Crippen LogP contribution in [0.1, 0.15) is 96.8 Å². The molecule has 188 valence electrons. The zero-order chi connectivity index (χ0) is 24.8. The molecule has 0 amide bonds. The number of fused-ring (bicyclic) bond motifs is 3. The molecule has 1 N–H and O–H groups in total. The quantitative estimate of drug-likeness (QED) is 0.593. The topological polar surface area (TPSA) is 77.8 Å². The second-order valence-corrected chi connectivity index (χ2v) is 11.2. The lowest BCUT2D eigenvalue weighted by Gasteiger charge is -2.36. The standard InChI is InChI=1S/C28H41NO5/c1-7-16(2)12-17(3)13-19(5)25-18(4)8-9-22(33-25)24-26-21(15-29(6)27(24)31)28(32)11-10-20(30)14-23(28)34-26/h13,15-18,22-23,25,32H,7-12,14H2,1-6H3/b19-13+/t16-,17-,18-,22-,23-,25+,28+/m0/s1. The number of allylic oxidation sites excluding steroid dienone is 1. The van der Waals surface area contributed by atoms with Crippen molar-refractivity contribution in [2.75, 3.05) is 0 Å². The van der Waals surface area contributed by atoms with Gasteiger partial charge in [0, 0.05) is 31.6 Å². The molecule has 0 aromatic carbocycles. The van der Waals surface area contributed by atoms with Gasteiger partial charge < -0.3 is 19.1 Å². The molecule has 0 bridgehead atoms. The largest absolute Gasteiger partial charge is 0.486 e. The Bertz CT molecular complexity index is 1030. The van der Waals surface area contributed by atoms with Gasteiger partial charge >= 0.3 is 0 Å². The van der Waals surface area contributed by atoms with Crippen molar-refractivity contribution in [3.05, 3.63) is 39.3 Å². The molecule has 0 unspecified atom stereocenters. The minimum Gasteiger partial charge on any atom is -0.486 e. The van der Waals surface area contributed by atoms with Gasteiger partial charge in [0.1, 0.15) is 23.2 Å². The van der Waals surface area contributed by atoms with Gasteiger partial charge in [-0.05, 0) is 55.9 Å². The van der Waals surface area contributed by atoms with E-state index in [0.29, 0.717) is 47.5 Å². The van der Waals surface area contributed by atoms with E-state index in [0.717, 1.165) is 19.3 Å². The molecule has 4 rings (SSSR count). The Morgan fingerprint density at radius 2 is 2.06 bits per heavy atom. The van der Waals surface area contributed by atoms with Crippen LogP contribution in [0.25, 0.3) is 0 Å². The molecule has 0 spiro atoms. The van der Waals surface area contributed by atoms with Crippen LogP contribution in [0.3, 0.4) is 0 Å². The number of rotatable bonds is 6. The summed E-state index contributed by atoms with van der Waals surface area (Å²) in [7, 11) is 1.71. The van der Waals surface area contributed by atoms with Crippen LogP contribution in [-0.2, 0) is 22.2 Å². The third kappa shape index (κ3) is 4.51. The molecule has 6 nitrogen and oxygen atoms in total. The first-order valence-electron chi connectivity index (χ1n) is 13.0. The Hall–Kier alpha value is -1.92. The summed E-state index contributed by atoms with van der Waals surface area (Å²) in [5, 5.41) is 11.5. The molecule has 3 aliphatic rings. The normalized spacial score (nSPS) is 33.1. The highest BCUT2D eigenvalue weighted by molar-refractivity contribution is 5.81. The van der Waals surface area contributed by atoms with E-state index in [4.69, 9.17) is 9.47 Å². The van der Waals surface area contributed by atoms with Crippen molar-refractivity contribution < 1.29 is 19.4 Å². The lowest BCUT2D eigenvalue weighted by Crippen LogP contribution is -2.43. The molecule has 7 atom stereocenters. The number of hydrogen-bond acceptors (Lipinski definition) is 5. The number of hydrogen-bond donors (Lipinski definition) is 1. The van der Waals surface area contributed by atoms with Crippen molar-refractivity contribution in [3.8, 4) is 5.75 Å². The first-order valence-corrected chi connectivity index (χ1v) is 13.0. The van der Waals surface area contributed by atoms with E-state index in [1.807, 2.05) is 0 Å². The predicted octanol–water partition coefficient (Wildman–Crippen LogP) is 4.96. The molecular weight excluding hydrogens is 430 g/mol. The van der Waals surface area contributed by atoms with Gasteiger partial charge in [-0.2, -0.15) is 0 Å². The van der Waals surface area contributed by atoms with Gasteiger partial charge in [0.25, 0.3) is 5.56 Å². The SMILES string of the molecule is CC[C@H](C)C[C@H](C)/C=C(\C)[C@@H]1O[C@H](c2c3c(cn(C)c2=O)[C@]2(O)CCC(=O)C[C@@H]2O3)CC[C@@H]1C. The molecular formula is C28H41NO5. The number of carbonyl (C=O) groups excluding carboxylic acids is 1. The minimum atomic E-state index is -1.23. The molecule has 1 aromatic rings. The maximum Gasteiger partial charge on any atom is 0.259 e. The molecule has 1 aromatic heterocycles. The van der Waals surface area contributed by atoms with Crippen LogP contribution in [0, 0.1) is 17.8 Å². The van der Waals surface area contributed by atoms with Crippen LogP contribution >= 0.6 is 0 Å². The highest BCUT2D eigenvalue weighted by Crippen LogP contribution is 2.51. The number of aryl methyl sites for hydroxylation is 1. The fourth-order valence-electron chi connectivity index (χ4n) is 6.15. The van der Waals surface area contributed by atoms with Crippen LogP contribution in [-0.4, -0.2) is 27.7 Å². The Morgan fingerprint density at radius 1 is 1.32 bits per heavy atom. The summed E-state index contributed by atoms with van der Waals surface area (Å²) in [6.45, 7) is 11.1. The zero-order valence-corrected chi connectivity index (χ0v) is 21.6. The maximum absolute atomic E-state index is 13.3. The van der Waals surface area contributed by atoms with Gasteiger partial charge in [-0.25, -0.2) is 0 Å². The van der Waals surface area contributed by atoms with Crippen molar-refractivity contribution >= 4 is 5.78 Å². The molecule has 34 heavy (non-hydrogen) atoms. The number of ketones is 1. The highest BCUT2D eigenvalue weighted by atomic mass is 16.5. The van der Waals surface area contributed by atoms with Gasteiger partial charge in [0.15, 0.2) is 0 Å². The highest BCUT2D eigenvalue weighted by Gasteiger charge is 2.53. The number of aliphatic hydroxyl groups is 1. The van der Waals surface area contributed by atoms with Crippen molar-refractivity contribution in [3.63, 3.8) is 0 Å². The molecule has 1 aliphatic carbocycles. The van der Waals surface area contributed by atoms with Crippen LogP contribution in [0.4, 0.5) is 0 Å². The monoisotopic (exact) mass is 471 g/mol. The summed E-state index contributed by atoms with van der Waals surface area (Å²) in [6, 6.07) is 0. The summed E-state index contributed by atoms with van der Waals surface area (Å²) in [5.41, 5.74) is 0.947. The zero-order valence-electron chi connectivity index (χ0n) is 21.6. The van der Waals surface area contributed by atoms with Crippen LogP contribution in [0.15, 0.2) is 22.6 Å². The number of pyridine rings is 1. The second-order valence-electron chi connectivity index (χ2n) is 11.2. The number of carbonyl (C=O) groups is 1. The Labute approximate surface area is 203 Å². The first kappa shape index (κ1) is 25.2. The molecule has 0 radical (unpaired) electrons. The van der Waals surface area contributed by atoms with Gasteiger partial charge in [0.05, 0.1) is 17.8 Å². The maximum atomic E-state index is 13.3. The van der Waals surface area contributed by atoms with Gasteiger partial charge in [0.2, 0.25) is 0 Å². The van der Waals surface area contributed by atoms with Crippen molar-refractivity contribution in [1.29, 1.82) is 0 Å². The average Bonchev–Trinajstić information content (AvgIpc) is 3.06. The lowest BCUT2D eigenvalue weighted by atomic mass is 9.78. The third-order valence-corrected chi connectivity index (χ3v) is 8.32. The van der Waals surface area contributed by atoms with E-state index in [2.05, 4.69) is 40.7 Å². The Kier molecular flexibility index (Phi) is 7.12. The van der Waals surface area contributed by atoms with Gasteiger partial charge in [-0.1, -0.05) is 40.2 Å². The summed E-state index contributed by atoms with van der Waals surface area (Å²) >= 11 is 0. The fraction of sp³-hybridized carbons (Fsp3) is 0.714. The fourth-order valence-corrected chi connectivity index (χ4v) is 6.15. The Balaban J connectivity index is 1.65. The van der Waals surface area contributed by atoms with Gasteiger partial charge in [-0.15, -0.1) is 0 Å². The van der Waals surface area contributed by atoms with E-state index >= 15 is 0 Å². The molecule has 2 aliphatic heterocycles. The van der Waals surface area contributed by atoms with Crippen molar-refractivity contribution in [1.82, 2.24) is 4.57 Å².